The van der Waals surface area contributed by atoms with Crippen molar-refractivity contribution in [1.82, 2.24) is 14.9 Å². The molecular weight excluding hydrogens is 278 g/mol. The molecule has 4 rings (SSSR count). The fourth-order valence-electron chi connectivity index (χ4n) is 3.03. The Morgan fingerprint density at radius 3 is 2.91 bits per heavy atom. The second-order valence-electron chi connectivity index (χ2n) is 5.34. The van der Waals surface area contributed by atoms with Crippen molar-refractivity contribution in [2.75, 3.05) is 13.2 Å². The van der Waals surface area contributed by atoms with E-state index in [-0.39, 0.29) is 12.0 Å². The zero-order valence-corrected chi connectivity index (χ0v) is 11.9. The third kappa shape index (κ3) is 1.80. The van der Waals surface area contributed by atoms with Crippen LogP contribution in [0.3, 0.4) is 0 Å². The third-order valence-electron chi connectivity index (χ3n) is 4.03. The minimum atomic E-state index is 0.0370. The summed E-state index contributed by atoms with van der Waals surface area (Å²) >= 11 is 0. The highest BCUT2D eigenvalue weighted by atomic mass is 16.3. The average Bonchev–Trinajstić information content (AvgIpc) is 2.98. The molecule has 110 valence electrons. The summed E-state index contributed by atoms with van der Waals surface area (Å²) in [4.78, 5) is 12.9. The van der Waals surface area contributed by atoms with E-state index in [0.29, 0.717) is 23.9 Å². The molecule has 0 atom stereocenters. The van der Waals surface area contributed by atoms with Gasteiger partial charge in [0.2, 0.25) is 0 Å². The van der Waals surface area contributed by atoms with Gasteiger partial charge in [-0.3, -0.25) is 4.79 Å². The summed E-state index contributed by atoms with van der Waals surface area (Å²) < 4.78 is 1.84. The zero-order valence-electron chi connectivity index (χ0n) is 11.9. The molecule has 2 N–H and O–H groups in total. The van der Waals surface area contributed by atoms with Crippen LogP contribution in [-0.2, 0) is 6.54 Å². The fraction of sp³-hybridized carbons (Fsp3) is 0.176. The Bertz CT molecular complexity index is 1020. The molecule has 5 heteroatoms. The van der Waals surface area contributed by atoms with E-state index in [1.165, 1.54) is 0 Å². The molecule has 4 aromatic rings. The minimum Gasteiger partial charge on any atom is -0.395 e. The molecule has 0 radical (unpaired) electrons. The van der Waals surface area contributed by atoms with E-state index in [9.17, 15) is 4.79 Å². The summed E-state index contributed by atoms with van der Waals surface area (Å²) in [6, 6.07) is 11.5. The standard InChI is InChI=1S/C17H15N3O2/c21-8-7-18-9-11-5-6-12-10-19-20-14-4-2-1-3-13(14)17(22)15(11)16(12)20/h1-6,10,18,21H,7-9H2. The van der Waals surface area contributed by atoms with Crippen molar-refractivity contribution in [1.29, 1.82) is 0 Å². The Balaban J connectivity index is 2.10. The van der Waals surface area contributed by atoms with Gasteiger partial charge >= 0.3 is 0 Å². The van der Waals surface area contributed by atoms with Crippen LogP contribution in [0.2, 0.25) is 0 Å². The number of aromatic nitrogens is 2. The van der Waals surface area contributed by atoms with Crippen molar-refractivity contribution in [2.24, 2.45) is 0 Å². The first-order valence-corrected chi connectivity index (χ1v) is 7.26. The van der Waals surface area contributed by atoms with Gasteiger partial charge in [0.05, 0.1) is 29.2 Å². The molecule has 0 spiro atoms. The average molecular weight is 293 g/mol. The number of aliphatic hydroxyl groups excluding tert-OH is 1. The number of aliphatic hydroxyl groups is 1. The van der Waals surface area contributed by atoms with E-state index in [0.717, 1.165) is 22.0 Å². The van der Waals surface area contributed by atoms with Crippen LogP contribution in [0.1, 0.15) is 5.56 Å². The zero-order chi connectivity index (χ0) is 15.1. The van der Waals surface area contributed by atoms with E-state index >= 15 is 0 Å². The number of rotatable bonds is 4. The maximum Gasteiger partial charge on any atom is 0.197 e. The predicted molar refractivity (Wildman–Crippen MR) is 86.5 cm³/mol. The first-order valence-electron chi connectivity index (χ1n) is 7.26. The van der Waals surface area contributed by atoms with Gasteiger partial charge in [-0.1, -0.05) is 24.3 Å². The maximum atomic E-state index is 12.9. The van der Waals surface area contributed by atoms with Gasteiger partial charge in [0.15, 0.2) is 5.43 Å². The summed E-state index contributed by atoms with van der Waals surface area (Å²) in [6.45, 7) is 1.12. The number of para-hydroxylation sites is 1. The number of fused-ring (bicyclic) bond motifs is 2. The smallest absolute Gasteiger partial charge is 0.197 e. The summed E-state index contributed by atoms with van der Waals surface area (Å²) in [6.07, 6.45) is 1.79. The first kappa shape index (κ1) is 13.2. The van der Waals surface area contributed by atoms with Crippen LogP contribution < -0.4 is 10.7 Å². The summed E-state index contributed by atoms with van der Waals surface area (Å²) in [5.41, 5.74) is 2.67. The molecule has 0 aliphatic rings. The van der Waals surface area contributed by atoms with Gasteiger partial charge < -0.3 is 10.4 Å². The third-order valence-corrected chi connectivity index (χ3v) is 4.03. The van der Waals surface area contributed by atoms with Crippen molar-refractivity contribution >= 4 is 27.2 Å². The van der Waals surface area contributed by atoms with Crippen LogP contribution in [0.25, 0.3) is 27.2 Å². The molecule has 0 bridgehead atoms. The number of hydrogen-bond donors (Lipinski definition) is 2. The Labute approximate surface area is 126 Å². The van der Waals surface area contributed by atoms with E-state index in [4.69, 9.17) is 5.11 Å². The molecule has 0 aliphatic carbocycles. The quantitative estimate of drug-likeness (QED) is 0.442. The summed E-state index contributed by atoms with van der Waals surface area (Å²) in [7, 11) is 0. The number of pyridine rings is 1. The molecule has 0 saturated carbocycles. The van der Waals surface area contributed by atoms with Gasteiger partial charge in [0.25, 0.3) is 0 Å². The largest absolute Gasteiger partial charge is 0.395 e. The fourth-order valence-corrected chi connectivity index (χ4v) is 3.03. The van der Waals surface area contributed by atoms with Crippen molar-refractivity contribution < 1.29 is 5.11 Å². The maximum absolute atomic E-state index is 12.9. The SMILES string of the molecule is O=c1c2ccccc2n2ncc3ccc(CNCCO)c1c32. The monoisotopic (exact) mass is 293 g/mol. The summed E-state index contributed by atoms with van der Waals surface area (Å²) in [5, 5.41) is 18.8. The van der Waals surface area contributed by atoms with Gasteiger partial charge in [-0.2, -0.15) is 5.10 Å². The van der Waals surface area contributed by atoms with E-state index in [2.05, 4.69) is 10.4 Å². The predicted octanol–water partition coefficient (Wildman–Crippen LogP) is 1.52. The Hall–Kier alpha value is -2.50. The van der Waals surface area contributed by atoms with E-state index in [1.54, 1.807) is 6.20 Å². The lowest BCUT2D eigenvalue weighted by Crippen LogP contribution is -2.19. The number of nitrogens with zero attached hydrogens (tertiary/aromatic N) is 2. The van der Waals surface area contributed by atoms with E-state index < -0.39 is 0 Å². The van der Waals surface area contributed by atoms with Crippen LogP contribution in [0, 0.1) is 0 Å². The Morgan fingerprint density at radius 2 is 2.05 bits per heavy atom. The number of hydrogen-bond acceptors (Lipinski definition) is 4. The normalized spacial score (nSPS) is 11.9. The molecule has 22 heavy (non-hydrogen) atoms. The van der Waals surface area contributed by atoms with Crippen molar-refractivity contribution in [3.05, 3.63) is 58.4 Å². The molecule has 2 aromatic carbocycles. The number of benzene rings is 2. The molecule has 0 unspecified atom stereocenters. The van der Waals surface area contributed by atoms with Crippen LogP contribution in [0.4, 0.5) is 0 Å². The van der Waals surface area contributed by atoms with Gasteiger partial charge in [0.1, 0.15) is 0 Å². The van der Waals surface area contributed by atoms with Crippen LogP contribution in [-0.4, -0.2) is 27.9 Å². The van der Waals surface area contributed by atoms with Gasteiger partial charge in [0, 0.05) is 23.9 Å². The number of nitrogens with one attached hydrogen (secondary N) is 1. The second-order valence-corrected chi connectivity index (χ2v) is 5.34. The Kier molecular flexibility index (Phi) is 3.03. The highest BCUT2D eigenvalue weighted by molar-refractivity contribution is 6.03. The highest BCUT2D eigenvalue weighted by Gasteiger charge is 2.15. The molecule has 5 nitrogen and oxygen atoms in total. The molecule has 2 aromatic heterocycles. The topological polar surface area (TPSA) is 66.6 Å². The van der Waals surface area contributed by atoms with Crippen molar-refractivity contribution in [2.45, 2.75) is 6.54 Å². The van der Waals surface area contributed by atoms with Crippen LogP contribution >= 0.6 is 0 Å². The first-order chi connectivity index (χ1) is 10.8. The lowest BCUT2D eigenvalue weighted by molar-refractivity contribution is 0.292. The van der Waals surface area contributed by atoms with Gasteiger partial charge in [-0.05, 0) is 17.7 Å². The van der Waals surface area contributed by atoms with Crippen molar-refractivity contribution in [3.63, 3.8) is 0 Å². The van der Waals surface area contributed by atoms with Gasteiger partial charge in [-0.15, -0.1) is 0 Å². The molecule has 2 heterocycles. The molecule has 0 fully saturated rings. The van der Waals surface area contributed by atoms with Crippen LogP contribution in [0.5, 0.6) is 0 Å². The lowest BCUT2D eigenvalue weighted by atomic mass is 10.0. The summed E-state index contributed by atoms with van der Waals surface area (Å²) in [5.74, 6) is 0. The van der Waals surface area contributed by atoms with Gasteiger partial charge in [-0.25, -0.2) is 4.52 Å². The van der Waals surface area contributed by atoms with Crippen molar-refractivity contribution in [3.8, 4) is 0 Å². The van der Waals surface area contributed by atoms with Crippen LogP contribution in [0.15, 0.2) is 47.4 Å². The molecule has 0 aliphatic heterocycles. The highest BCUT2D eigenvalue weighted by Crippen LogP contribution is 2.25. The molecule has 0 saturated heterocycles. The lowest BCUT2D eigenvalue weighted by Gasteiger charge is -2.09. The Morgan fingerprint density at radius 1 is 1.18 bits per heavy atom. The minimum absolute atomic E-state index is 0.0370. The second kappa shape index (κ2) is 5.05. The molecule has 0 amide bonds. The molecular formula is C17H15N3O2. The van der Waals surface area contributed by atoms with E-state index in [1.807, 2.05) is 40.9 Å².